The number of aliphatic hydroxyl groups is 3. The Hall–Kier alpha value is -0.380. The van der Waals surface area contributed by atoms with E-state index in [2.05, 4.69) is 20.8 Å². The first kappa shape index (κ1) is 14.0. The predicted octanol–water partition coefficient (Wildman–Crippen LogP) is 1.86. The normalized spacial score (nSPS) is 43.8. The highest BCUT2D eigenvalue weighted by atomic mass is 16.3. The van der Waals surface area contributed by atoms with Gasteiger partial charge in [-0.2, -0.15) is 0 Å². The van der Waals surface area contributed by atoms with Crippen LogP contribution in [0, 0.1) is 16.7 Å². The molecule has 1 saturated carbocycles. The van der Waals surface area contributed by atoms with E-state index in [0.717, 1.165) is 30.4 Å². The standard InChI is InChI=1S/C15H26O3/c1-9-10(8-16)15(4)7-5-6-14(2,3)13(15)12(18)11(9)17/h11-13,16-18H,5-8H2,1-4H3/t11-,12-,13-,15-/m0/s1. The van der Waals surface area contributed by atoms with Crippen LogP contribution >= 0.6 is 0 Å². The molecule has 0 spiro atoms. The van der Waals surface area contributed by atoms with Crippen LogP contribution in [-0.4, -0.2) is 34.1 Å². The lowest BCUT2D eigenvalue weighted by Gasteiger charge is -2.57. The van der Waals surface area contributed by atoms with Crippen LogP contribution < -0.4 is 0 Å². The Morgan fingerprint density at radius 2 is 1.78 bits per heavy atom. The Morgan fingerprint density at radius 3 is 2.33 bits per heavy atom. The van der Waals surface area contributed by atoms with E-state index in [-0.39, 0.29) is 23.4 Å². The molecule has 0 aromatic heterocycles. The molecule has 2 aliphatic carbocycles. The summed E-state index contributed by atoms with van der Waals surface area (Å²) in [4.78, 5) is 0. The van der Waals surface area contributed by atoms with Gasteiger partial charge in [0.25, 0.3) is 0 Å². The number of fused-ring (bicyclic) bond motifs is 1. The average molecular weight is 254 g/mol. The molecule has 3 nitrogen and oxygen atoms in total. The van der Waals surface area contributed by atoms with E-state index in [1.54, 1.807) is 0 Å². The number of hydrogen-bond donors (Lipinski definition) is 3. The molecule has 0 aliphatic heterocycles. The van der Waals surface area contributed by atoms with Gasteiger partial charge in [-0.1, -0.05) is 27.2 Å². The van der Waals surface area contributed by atoms with Gasteiger partial charge >= 0.3 is 0 Å². The second-order valence-corrected chi connectivity index (χ2v) is 6.99. The minimum Gasteiger partial charge on any atom is -0.392 e. The fourth-order valence-electron chi connectivity index (χ4n) is 4.64. The zero-order chi connectivity index (χ0) is 13.7. The smallest absolute Gasteiger partial charge is 0.101 e. The van der Waals surface area contributed by atoms with Crippen molar-refractivity contribution >= 4 is 0 Å². The van der Waals surface area contributed by atoms with Crippen molar-refractivity contribution in [3.05, 3.63) is 11.1 Å². The summed E-state index contributed by atoms with van der Waals surface area (Å²) in [5.41, 5.74) is 1.52. The molecule has 0 heterocycles. The van der Waals surface area contributed by atoms with E-state index in [0.29, 0.717) is 0 Å². The van der Waals surface area contributed by atoms with Gasteiger partial charge in [-0.15, -0.1) is 0 Å². The van der Waals surface area contributed by atoms with E-state index in [1.165, 1.54) is 0 Å². The topological polar surface area (TPSA) is 60.7 Å². The first-order chi connectivity index (χ1) is 8.25. The predicted molar refractivity (Wildman–Crippen MR) is 71.0 cm³/mol. The summed E-state index contributed by atoms with van der Waals surface area (Å²) >= 11 is 0. The van der Waals surface area contributed by atoms with Crippen molar-refractivity contribution in [2.45, 2.75) is 59.2 Å². The number of rotatable bonds is 1. The second kappa shape index (κ2) is 4.32. The molecule has 0 amide bonds. The average Bonchev–Trinajstić information content (AvgIpc) is 2.25. The third kappa shape index (κ3) is 1.75. The molecule has 1 fully saturated rings. The first-order valence-corrected chi connectivity index (χ1v) is 6.93. The summed E-state index contributed by atoms with van der Waals surface area (Å²) in [5, 5.41) is 30.4. The minimum atomic E-state index is -0.831. The van der Waals surface area contributed by atoms with Crippen LogP contribution in [0.1, 0.15) is 47.0 Å². The monoisotopic (exact) mass is 254 g/mol. The summed E-state index contributed by atoms with van der Waals surface area (Å²) < 4.78 is 0. The minimum absolute atomic E-state index is 0.00544. The van der Waals surface area contributed by atoms with Crippen molar-refractivity contribution in [1.82, 2.24) is 0 Å². The highest BCUT2D eigenvalue weighted by Gasteiger charge is 2.56. The quantitative estimate of drug-likeness (QED) is 0.626. The lowest BCUT2D eigenvalue weighted by molar-refractivity contribution is -0.118. The fraction of sp³-hybridized carbons (Fsp3) is 0.867. The lowest BCUT2D eigenvalue weighted by atomic mass is 9.49. The van der Waals surface area contributed by atoms with E-state index in [9.17, 15) is 15.3 Å². The maximum Gasteiger partial charge on any atom is 0.101 e. The van der Waals surface area contributed by atoms with Crippen molar-refractivity contribution in [2.24, 2.45) is 16.7 Å². The summed E-state index contributed by atoms with van der Waals surface area (Å²) in [6.45, 7) is 8.30. The Kier molecular flexibility index (Phi) is 3.37. The van der Waals surface area contributed by atoms with Crippen molar-refractivity contribution < 1.29 is 15.3 Å². The van der Waals surface area contributed by atoms with Crippen LogP contribution in [-0.2, 0) is 0 Å². The van der Waals surface area contributed by atoms with Gasteiger partial charge in [0.15, 0.2) is 0 Å². The zero-order valence-corrected chi connectivity index (χ0v) is 11.9. The Balaban J connectivity index is 2.57. The molecule has 18 heavy (non-hydrogen) atoms. The van der Waals surface area contributed by atoms with Gasteiger partial charge in [0.05, 0.1) is 12.7 Å². The molecule has 0 unspecified atom stereocenters. The summed E-state index contributed by atoms with van der Waals surface area (Å²) in [6.07, 6.45) is 1.61. The molecule has 4 atom stereocenters. The molecule has 3 N–H and O–H groups in total. The largest absolute Gasteiger partial charge is 0.392 e. The van der Waals surface area contributed by atoms with E-state index in [4.69, 9.17) is 0 Å². The van der Waals surface area contributed by atoms with Crippen LogP contribution in [0.25, 0.3) is 0 Å². The molecule has 104 valence electrons. The van der Waals surface area contributed by atoms with Gasteiger partial charge in [0, 0.05) is 5.92 Å². The van der Waals surface area contributed by atoms with Crippen molar-refractivity contribution in [3.8, 4) is 0 Å². The van der Waals surface area contributed by atoms with Crippen molar-refractivity contribution in [1.29, 1.82) is 0 Å². The van der Waals surface area contributed by atoms with Crippen LogP contribution in [0.2, 0.25) is 0 Å². The molecular weight excluding hydrogens is 228 g/mol. The van der Waals surface area contributed by atoms with Gasteiger partial charge < -0.3 is 15.3 Å². The molecule has 0 radical (unpaired) electrons. The van der Waals surface area contributed by atoms with Gasteiger partial charge in [-0.3, -0.25) is 0 Å². The van der Waals surface area contributed by atoms with Crippen molar-refractivity contribution in [2.75, 3.05) is 6.61 Å². The maximum absolute atomic E-state index is 10.5. The van der Waals surface area contributed by atoms with Crippen LogP contribution in [0.3, 0.4) is 0 Å². The third-order valence-electron chi connectivity index (χ3n) is 5.48. The Bertz CT molecular complexity index is 372. The Labute approximate surface area is 110 Å². The van der Waals surface area contributed by atoms with Crippen LogP contribution in [0.4, 0.5) is 0 Å². The molecule has 2 rings (SSSR count). The SMILES string of the molecule is CC1=C(CO)[C@]2(C)CCCC(C)(C)[C@@H]2[C@@H](O)[C@H]1O. The molecule has 0 saturated heterocycles. The van der Waals surface area contributed by atoms with Crippen molar-refractivity contribution in [3.63, 3.8) is 0 Å². The zero-order valence-electron chi connectivity index (χ0n) is 11.9. The van der Waals surface area contributed by atoms with E-state index >= 15 is 0 Å². The lowest BCUT2D eigenvalue weighted by Crippen LogP contribution is -2.57. The molecule has 0 bridgehead atoms. The summed E-state index contributed by atoms with van der Waals surface area (Å²) in [7, 11) is 0. The third-order valence-corrected chi connectivity index (χ3v) is 5.48. The number of hydrogen-bond acceptors (Lipinski definition) is 3. The molecule has 0 aromatic carbocycles. The van der Waals surface area contributed by atoms with Gasteiger partial charge in [0.1, 0.15) is 6.10 Å². The molecular formula is C15H26O3. The van der Waals surface area contributed by atoms with E-state index < -0.39 is 12.2 Å². The summed E-state index contributed by atoms with van der Waals surface area (Å²) in [6, 6.07) is 0. The highest BCUT2D eigenvalue weighted by molar-refractivity contribution is 5.32. The molecule has 2 aliphatic rings. The highest BCUT2D eigenvalue weighted by Crippen LogP contribution is 2.59. The fourth-order valence-corrected chi connectivity index (χ4v) is 4.64. The van der Waals surface area contributed by atoms with Crippen LogP contribution in [0.5, 0.6) is 0 Å². The van der Waals surface area contributed by atoms with E-state index in [1.807, 2.05) is 6.92 Å². The van der Waals surface area contributed by atoms with Gasteiger partial charge in [0.2, 0.25) is 0 Å². The summed E-state index contributed by atoms with van der Waals surface area (Å²) in [5.74, 6) is 0.0135. The maximum atomic E-state index is 10.5. The Morgan fingerprint density at radius 1 is 1.17 bits per heavy atom. The molecule has 3 heteroatoms. The second-order valence-electron chi connectivity index (χ2n) is 6.99. The van der Waals surface area contributed by atoms with Gasteiger partial charge in [-0.25, -0.2) is 0 Å². The first-order valence-electron chi connectivity index (χ1n) is 6.93. The van der Waals surface area contributed by atoms with Crippen LogP contribution in [0.15, 0.2) is 11.1 Å². The number of aliphatic hydroxyl groups excluding tert-OH is 3. The van der Waals surface area contributed by atoms with Gasteiger partial charge in [-0.05, 0) is 41.7 Å². The molecule has 0 aromatic rings.